The first kappa shape index (κ1) is 25.1. The Labute approximate surface area is 217 Å². The van der Waals surface area contributed by atoms with Crippen LogP contribution in [0.5, 0.6) is 11.5 Å². The van der Waals surface area contributed by atoms with Crippen LogP contribution in [0, 0.1) is 0 Å². The minimum absolute atomic E-state index is 0.0148. The van der Waals surface area contributed by atoms with Gasteiger partial charge in [0.05, 0.1) is 31.4 Å². The van der Waals surface area contributed by atoms with Gasteiger partial charge in [-0.15, -0.1) is 0 Å². The summed E-state index contributed by atoms with van der Waals surface area (Å²) >= 11 is 0. The van der Waals surface area contributed by atoms with Crippen molar-refractivity contribution in [2.24, 2.45) is 0 Å². The molecule has 8 heteroatoms. The second-order valence-corrected chi connectivity index (χ2v) is 10.4. The van der Waals surface area contributed by atoms with E-state index in [1.165, 1.54) is 0 Å². The quantitative estimate of drug-likeness (QED) is 0.498. The van der Waals surface area contributed by atoms with E-state index in [9.17, 15) is 9.59 Å². The van der Waals surface area contributed by atoms with Crippen molar-refractivity contribution in [1.82, 2.24) is 14.8 Å². The smallest absolute Gasteiger partial charge is 0.271 e. The normalized spacial score (nSPS) is 21.4. The van der Waals surface area contributed by atoms with E-state index in [0.717, 1.165) is 41.7 Å². The van der Waals surface area contributed by atoms with Crippen LogP contribution in [0.15, 0.2) is 48.5 Å². The lowest BCUT2D eigenvalue weighted by Crippen LogP contribution is -2.64. The molecular weight excluding hydrogens is 470 g/mol. The highest BCUT2D eigenvalue weighted by atomic mass is 16.5. The fourth-order valence-electron chi connectivity index (χ4n) is 5.24. The number of fused-ring (bicyclic) bond motifs is 3. The molecule has 1 fully saturated rings. The number of aromatic nitrogens is 1. The Kier molecular flexibility index (Phi) is 6.86. The van der Waals surface area contributed by atoms with Gasteiger partial charge in [-0.3, -0.25) is 9.59 Å². The molecule has 1 aromatic heterocycles. The number of methoxy groups -OCH3 is 1. The summed E-state index contributed by atoms with van der Waals surface area (Å²) in [7, 11) is 1.62. The number of hydrogen-bond acceptors (Lipinski definition) is 5. The van der Waals surface area contributed by atoms with E-state index in [-0.39, 0.29) is 24.0 Å². The molecule has 8 nitrogen and oxygen atoms in total. The number of nitrogens with one attached hydrogen (secondary N) is 1. The van der Waals surface area contributed by atoms with Crippen molar-refractivity contribution >= 4 is 22.7 Å². The van der Waals surface area contributed by atoms with Gasteiger partial charge in [0, 0.05) is 31.1 Å². The summed E-state index contributed by atoms with van der Waals surface area (Å²) in [5.41, 5.74) is 1.25. The number of nitrogens with zero attached hydrogens (tertiary/aromatic N) is 2. The summed E-state index contributed by atoms with van der Waals surface area (Å²) < 4.78 is 18.8. The average molecular weight is 506 g/mol. The molecule has 5 rings (SSSR count). The van der Waals surface area contributed by atoms with E-state index >= 15 is 0 Å². The van der Waals surface area contributed by atoms with Crippen molar-refractivity contribution in [3.05, 3.63) is 59.8 Å². The van der Waals surface area contributed by atoms with Crippen molar-refractivity contribution in [2.45, 2.75) is 64.4 Å². The van der Waals surface area contributed by atoms with Crippen LogP contribution in [0.25, 0.3) is 10.9 Å². The predicted octanol–water partition coefficient (Wildman–Crippen LogP) is 4.15. The molecule has 0 radical (unpaired) electrons. The Hall–Kier alpha value is -3.52. The Morgan fingerprint density at radius 3 is 2.59 bits per heavy atom. The van der Waals surface area contributed by atoms with Gasteiger partial charge >= 0.3 is 0 Å². The first-order chi connectivity index (χ1) is 17.8. The molecule has 3 heterocycles. The maximum absolute atomic E-state index is 14.0. The lowest BCUT2D eigenvalue weighted by molar-refractivity contribution is -0.133. The molecule has 196 valence electrons. The summed E-state index contributed by atoms with van der Waals surface area (Å²) in [6.45, 7) is 7.60. The number of carbonyl (C=O) groups excluding carboxylic acids is 2. The number of rotatable bonds is 8. The van der Waals surface area contributed by atoms with Crippen LogP contribution in [0.2, 0.25) is 0 Å². The Balaban J connectivity index is 1.49. The standard InChI is InChI=1S/C29H35N3O5/c1-19(2)37-22-10-7-20(8-11-22)17-32-27(33)26-14-21-9-12-23(35-4)15-25(21)31(26)18-29(32,3)28(34)30-16-24-6-5-13-36-24/h7-12,14-15,19,24H,5-6,13,16-18H2,1-4H3,(H,30,34)/t24-,29-/m0/s1. The highest BCUT2D eigenvalue weighted by molar-refractivity contribution is 6.03. The SMILES string of the molecule is COc1ccc2cc3n(c2c1)C[C@@](C)(C(=O)NC[C@@H]1CCCO1)N(Cc1ccc(OC(C)C)cc1)C3=O. The lowest BCUT2D eigenvalue weighted by Gasteiger charge is -2.44. The summed E-state index contributed by atoms with van der Waals surface area (Å²) in [5, 5.41) is 4.01. The van der Waals surface area contributed by atoms with Gasteiger partial charge in [-0.2, -0.15) is 0 Å². The van der Waals surface area contributed by atoms with Crippen LogP contribution >= 0.6 is 0 Å². The Morgan fingerprint density at radius 1 is 1.16 bits per heavy atom. The third kappa shape index (κ3) is 4.90. The summed E-state index contributed by atoms with van der Waals surface area (Å²) in [6, 6.07) is 15.3. The van der Waals surface area contributed by atoms with Gasteiger partial charge in [0.2, 0.25) is 5.91 Å². The van der Waals surface area contributed by atoms with Gasteiger partial charge in [-0.25, -0.2) is 0 Å². The van der Waals surface area contributed by atoms with Gasteiger partial charge in [0.25, 0.3) is 5.91 Å². The van der Waals surface area contributed by atoms with Gasteiger partial charge in [-0.1, -0.05) is 12.1 Å². The van der Waals surface area contributed by atoms with Crippen molar-refractivity contribution in [1.29, 1.82) is 0 Å². The molecular formula is C29H35N3O5. The summed E-state index contributed by atoms with van der Waals surface area (Å²) in [4.78, 5) is 29.4. The molecule has 1 saturated heterocycles. The molecule has 0 spiro atoms. The average Bonchev–Trinajstić information content (AvgIpc) is 3.53. The first-order valence-electron chi connectivity index (χ1n) is 12.9. The van der Waals surface area contributed by atoms with E-state index in [1.807, 2.05) is 73.9 Å². The van der Waals surface area contributed by atoms with Gasteiger partial charge in [-0.05, 0) is 69.5 Å². The largest absolute Gasteiger partial charge is 0.497 e. The van der Waals surface area contributed by atoms with Crippen LogP contribution in [0.1, 0.15) is 49.7 Å². The second-order valence-electron chi connectivity index (χ2n) is 10.4. The van der Waals surface area contributed by atoms with Crippen molar-refractivity contribution < 1.29 is 23.8 Å². The molecule has 0 bridgehead atoms. The lowest BCUT2D eigenvalue weighted by atomic mass is 9.93. The monoisotopic (exact) mass is 505 g/mol. The molecule has 2 amide bonds. The zero-order valence-electron chi connectivity index (χ0n) is 22.0. The highest BCUT2D eigenvalue weighted by Gasteiger charge is 2.47. The van der Waals surface area contributed by atoms with Crippen molar-refractivity contribution in [3.8, 4) is 11.5 Å². The minimum Gasteiger partial charge on any atom is -0.497 e. The highest BCUT2D eigenvalue weighted by Crippen LogP contribution is 2.35. The van der Waals surface area contributed by atoms with E-state index in [4.69, 9.17) is 14.2 Å². The first-order valence-corrected chi connectivity index (χ1v) is 12.9. The fourth-order valence-corrected chi connectivity index (χ4v) is 5.24. The Morgan fingerprint density at radius 2 is 1.92 bits per heavy atom. The maximum Gasteiger partial charge on any atom is 0.271 e. The minimum atomic E-state index is -1.11. The van der Waals surface area contributed by atoms with E-state index < -0.39 is 5.54 Å². The topological polar surface area (TPSA) is 82.0 Å². The molecule has 3 aromatic rings. The third-order valence-electron chi connectivity index (χ3n) is 7.28. The third-order valence-corrected chi connectivity index (χ3v) is 7.28. The predicted molar refractivity (Wildman–Crippen MR) is 141 cm³/mol. The van der Waals surface area contributed by atoms with Crippen LogP contribution < -0.4 is 14.8 Å². The zero-order valence-corrected chi connectivity index (χ0v) is 22.0. The molecule has 37 heavy (non-hydrogen) atoms. The number of carbonyl (C=O) groups is 2. The van der Waals surface area contributed by atoms with Gasteiger partial charge < -0.3 is 29.0 Å². The molecule has 0 aliphatic carbocycles. The molecule has 2 aliphatic heterocycles. The number of amides is 2. The number of hydrogen-bond donors (Lipinski definition) is 1. The molecule has 2 aliphatic rings. The van der Waals surface area contributed by atoms with Crippen LogP contribution in [-0.4, -0.2) is 59.3 Å². The van der Waals surface area contributed by atoms with Crippen molar-refractivity contribution in [2.75, 3.05) is 20.3 Å². The van der Waals surface area contributed by atoms with Crippen molar-refractivity contribution in [3.63, 3.8) is 0 Å². The second kappa shape index (κ2) is 10.1. The fraction of sp³-hybridized carbons (Fsp3) is 0.448. The van der Waals surface area contributed by atoms with E-state index in [1.54, 1.807) is 12.0 Å². The van der Waals surface area contributed by atoms with Crippen LogP contribution in [0.4, 0.5) is 0 Å². The zero-order chi connectivity index (χ0) is 26.2. The van der Waals surface area contributed by atoms with Gasteiger partial charge in [0.1, 0.15) is 22.7 Å². The number of benzene rings is 2. The van der Waals surface area contributed by atoms with E-state index in [2.05, 4.69) is 5.32 Å². The van der Waals surface area contributed by atoms with Crippen LogP contribution in [-0.2, 0) is 22.6 Å². The molecule has 2 atom stereocenters. The number of ether oxygens (including phenoxy) is 3. The molecule has 1 N–H and O–H groups in total. The summed E-state index contributed by atoms with van der Waals surface area (Å²) in [5.74, 6) is 1.11. The molecule has 2 aromatic carbocycles. The van der Waals surface area contributed by atoms with Crippen LogP contribution in [0.3, 0.4) is 0 Å². The van der Waals surface area contributed by atoms with E-state index in [0.29, 0.717) is 31.1 Å². The molecule has 0 unspecified atom stereocenters. The Bertz CT molecular complexity index is 1290. The maximum atomic E-state index is 14.0. The summed E-state index contributed by atoms with van der Waals surface area (Å²) in [6.07, 6.45) is 2.02. The molecule has 0 saturated carbocycles. The van der Waals surface area contributed by atoms with Gasteiger partial charge in [0.15, 0.2) is 0 Å².